The molecule has 0 fully saturated rings. The van der Waals surface area contributed by atoms with Crippen molar-refractivity contribution >= 4 is 26.0 Å². The van der Waals surface area contributed by atoms with Crippen molar-refractivity contribution in [1.29, 1.82) is 0 Å². The number of rotatable bonds is 9. The van der Waals surface area contributed by atoms with Gasteiger partial charge in [0, 0.05) is 19.7 Å². The Morgan fingerprint density at radius 3 is 2.74 bits per heavy atom. The van der Waals surface area contributed by atoms with E-state index in [0.29, 0.717) is 19.0 Å². The molecule has 0 bridgehead atoms. The predicted octanol–water partition coefficient (Wildman–Crippen LogP) is 0.442. The average molecular weight is 357 g/mol. The van der Waals surface area contributed by atoms with Crippen LogP contribution in [-0.2, 0) is 26.0 Å². The second kappa shape index (κ2) is 7.98. The van der Waals surface area contributed by atoms with E-state index in [0.717, 1.165) is 0 Å². The number of hydrogen-bond acceptors (Lipinski definition) is 6. The SMILES string of the molecule is COCCOCCNS(=O)(=O)c1cc(CN)oc1Br. The molecule has 0 saturated heterocycles. The molecule has 0 spiro atoms. The van der Waals surface area contributed by atoms with Gasteiger partial charge in [0.25, 0.3) is 0 Å². The first-order valence-electron chi connectivity index (χ1n) is 5.56. The normalized spacial score (nSPS) is 11.9. The number of halogens is 1. The molecule has 0 amide bonds. The summed E-state index contributed by atoms with van der Waals surface area (Å²) in [5, 5.41) is 0. The van der Waals surface area contributed by atoms with Crippen molar-refractivity contribution in [3.63, 3.8) is 0 Å². The summed E-state index contributed by atoms with van der Waals surface area (Å²) in [5.74, 6) is 0.392. The van der Waals surface area contributed by atoms with Gasteiger partial charge in [0.05, 0.1) is 26.4 Å². The molecule has 9 heteroatoms. The van der Waals surface area contributed by atoms with Gasteiger partial charge in [0.15, 0.2) is 4.67 Å². The van der Waals surface area contributed by atoms with Crippen LogP contribution in [0.1, 0.15) is 5.76 Å². The van der Waals surface area contributed by atoms with Crippen LogP contribution in [0.4, 0.5) is 0 Å². The predicted molar refractivity (Wildman–Crippen MR) is 72.2 cm³/mol. The summed E-state index contributed by atoms with van der Waals surface area (Å²) in [7, 11) is -2.06. The van der Waals surface area contributed by atoms with E-state index in [1.54, 1.807) is 7.11 Å². The summed E-state index contributed by atoms with van der Waals surface area (Å²) in [6.07, 6.45) is 0. The number of sulfonamides is 1. The molecule has 0 saturated carbocycles. The van der Waals surface area contributed by atoms with Crippen LogP contribution in [0.3, 0.4) is 0 Å². The van der Waals surface area contributed by atoms with Crippen molar-refractivity contribution in [2.75, 3.05) is 33.5 Å². The van der Waals surface area contributed by atoms with Crippen LogP contribution in [0.2, 0.25) is 0 Å². The first kappa shape index (κ1) is 16.6. The van der Waals surface area contributed by atoms with Crippen molar-refractivity contribution in [3.05, 3.63) is 16.5 Å². The summed E-state index contributed by atoms with van der Waals surface area (Å²) < 4.78 is 41.5. The molecule has 1 rings (SSSR count). The molecule has 0 atom stereocenters. The van der Waals surface area contributed by atoms with Crippen LogP contribution >= 0.6 is 15.9 Å². The van der Waals surface area contributed by atoms with Gasteiger partial charge in [-0.2, -0.15) is 0 Å². The Balaban J connectivity index is 2.49. The second-order valence-corrected chi connectivity index (χ2v) is 6.01. The van der Waals surface area contributed by atoms with E-state index in [1.165, 1.54) is 6.07 Å². The third kappa shape index (κ3) is 5.21. The molecule has 0 aliphatic rings. The quantitative estimate of drug-likeness (QED) is 0.622. The molecular weight excluding hydrogens is 340 g/mol. The Kier molecular flexibility index (Phi) is 6.97. The number of ether oxygens (including phenoxy) is 2. The number of methoxy groups -OCH3 is 1. The molecule has 110 valence electrons. The number of furan rings is 1. The number of hydrogen-bond donors (Lipinski definition) is 2. The molecule has 1 heterocycles. The zero-order valence-electron chi connectivity index (χ0n) is 10.5. The third-order valence-corrected chi connectivity index (χ3v) is 4.49. The van der Waals surface area contributed by atoms with Gasteiger partial charge in [-0.05, 0) is 15.9 Å². The Morgan fingerprint density at radius 2 is 2.16 bits per heavy atom. The fourth-order valence-corrected chi connectivity index (χ4v) is 3.26. The van der Waals surface area contributed by atoms with Gasteiger partial charge >= 0.3 is 0 Å². The van der Waals surface area contributed by atoms with Gasteiger partial charge in [-0.3, -0.25) is 0 Å². The van der Waals surface area contributed by atoms with Crippen molar-refractivity contribution in [2.24, 2.45) is 5.73 Å². The minimum Gasteiger partial charge on any atom is -0.452 e. The van der Waals surface area contributed by atoms with E-state index >= 15 is 0 Å². The van der Waals surface area contributed by atoms with Crippen LogP contribution < -0.4 is 10.5 Å². The van der Waals surface area contributed by atoms with Gasteiger partial charge < -0.3 is 19.6 Å². The van der Waals surface area contributed by atoms with Crippen molar-refractivity contribution in [1.82, 2.24) is 4.72 Å². The van der Waals surface area contributed by atoms with E-state index in [1.807, 2.05) is 0 Å². The molecule has 0 aromatic carbocycles. The van der Waals surface area contributed by atoms with E-state index in [9.17, 15) is 8.42 Å². The Morgan fingerprint density at radius 1 is 1.42 bits per heavy atom. The molecule has 19 heavy (non-hydrogen) atoms. The Hall–Kier alpha value is -0.450. The highest BCUT2D eigenvalue weighted by molar-refractivity contribution is 9.10. The first-order chi connectivity index (χ1) is 9.01. The molecule has 0 aliphatic heterocycles. The molecule has 0 unspecified atom stereocenters. The molecule has 0 aliphatic carbocycles. The lowest BCUT2D eigenvalue weighted by atomic mass is 10.5. The first-order valence-corrected chi connectivity index (χ1v) is 7.83. The van der Waals surface area contributed by atoms with Crippen LogP contribution in [0.5, 0.6) is 0 Å². The maximum absolute atomic E-state index is 11.9. The number of nitrogens with one attached hydrogen (secondary N) is 1. The van der Waals surface area contributed by atoms with E-state index < -0.39 is 10.0 Å². The van der Waals surface area contributed by atoms with Crippen LogP contribution in [0, 0.1) is 0 Å². The Bertz CT molecular complexity index is 488. The molecule has 1 aromatic rings. The fourth-order valence-electron chi connectivity index (χ4n) is 1.25. The average Bonchev–Trinajstić information content (AvgIpc) is 2.76. The molecule has 3 N–H and O–H groups in total. The summed E-state index contributed by atoms with van der Waals surface area (Å²) in [6.45, 7) is 1.46. The van der Waals surface area contributed by atoms with Gasteiger partial charge in [0.1, 0.15) is 10.7 Å². The minimum atomic E-state index is -3.63. The van der Waals surface area contributed by atoms with E-state index in [2.05, 4.69) is 20.7 Å². The summed E-state index contributed by atoms with van der Waals surface area (Å²) >= 11 is 3.05. The maximum atomic E-state index is 11.9. The Labute approximate surface area is 120 Å². The fraction of sp³-hybridized carbons (Fsp3) is 0.600. The lowest BCUT2D eigenvalue weighted by Crippen LogP contribution is -2.27. The zero-order chi connectivity index (χ0) is 14.3. The highest BCUT2D eigenvalue weighted by Crippen LogP contribution is 2.25. The maximum Gasteiger partial charge on any atom is 0.245 e. The van der Waals surface area contributed by atoms with Crippen LogP contribution in [0.15, 0.2) is 20.0 Å². The molecule has 0 radical (unpaired) electrons. The van der Waals surface area contributed by atoms with Gasteiger partial charge in [-0.25, -0.2) is 13.1 Å². The summed E-state index contributed by atoms with van der Waals surface area (Å²) in [6, 6.07) is 1.39. The third-order valence-electron chi connectivity index (χ3n) is 2.17. The lowest BCUT2D eigenvalue weighted by Gasteiger charge is -2.06. The lowest BCUT2D eigenvalue weighted by molar-refractivity contribution is 0.0736. The largest absolute Gasteiger partial charge is 0.452 e. The van der Waals surface area contributed by atoms with Crippen molar-refractivity contribution in [2.45, 2.75) is 11.4 Å². The second-order valence-electron chi connectivity index (χ2n) is 3.56. The van der Waals surface area contributed by atoms with E-state index in [4.69, 9.17) is 19.6 Å². The van der Waals surface area contributed by atoms with Crippen molar-refractivity contribution < 1.29 is 22.3 Å². The van der Waals surface area contributed by atoms with Gasteiger partial charge in [-0.1, -0.05) is 0 Å². The van der Waals surface area contributed by atoms with Crippen molar-refractivity contribution in [3.8, 4) is 0 Å². The number of nitrogens with two attached hydrogens (primary N) is 1. The van der Waals surface area contributed by atoms with Gasteiger partial charge in [-0.15, -0.1) is 0 Å². The molecule has 1 aromatic heterocycles. The van der Waals surface area contributed by atoms with E-state index in [-0.39, 0.29) is 29.3 Å². The minimum absolute atomic E-state index is 0.0323. The van der Waals surface area contributed by atoms with Crippen LogP contribution in [0.25, 0.3) is 0 Å². The molecular formula is C10H17BrN2O5S. The zero-order valence-corrected chi connectivity index (χ0v) is 12.9. The highest BCUT2D eigenvalue weighted by Gasteiger charge is 2.21. The monoisotopic (exact) mass is 356 g/mol. The summed E-state index contributed by atoms with van der Waals surface area (Å²) in [5.41, 5.74) is 5.38. The smallest absolute Gasteiger partial charge is 0.245 e. The standard InChI is InChI=1S/C10H17BrN2O5S/c1-16-4-5-17-3-2-13-19(14,15)9-6-8(7-12)18-10(9)11/h6,13H,2-5,7,12H2,1H3. The topological polar surface area (TPSA) is 104 Å². The molecule has 7 nitrogen and oxygen atoms in total. The van der Waals surface area contributed by atoms with Gasteiger partial charge in [0.2, 0.25) is 10.0 Å². The van der Waals surface area contributed by atoms with Crippen LogP contribution in [-0.4, -0.2) is 41.9 Å². The summed E-state index contributed by atoms with van der Waals surface area (Å²) in [4.78, 5) is 0.0323. The highest BCUT2D eigenvalue weighted by atomic mass is 79.9.